The van der Waals surface area contributed by atoms with Crippen molar-refractivity contribution < 1.29 is 9.53 Å². The highest BCUT2D eigenvalue weighted by Crippen LogP contribution is 2.30. The highest BCUT2D eigenvalue weighted by atomic mass is 127. The van der Waals surface area contributed by atoms with Gasteiger partial charge in [-0.3, -0.25) is 4.79 Å². The van der Waals surface area contributed by atoms with Crippen LogP contribution in [0.2, 0.25) is 5.02 Å². The zero-order valence-corrected chi connectivity index (χ0v) is 12.8. The molecular formula is C12H14ClIN2O2. The maximum atomic E-state index is 12.3. The number of nitrogens with one attached hydrogen (secondary N) is 1. The van der Waals surface area contributed by atoms with Crippen LogP contribution in [0.5, 0.6) is 0 Å². The summed E-state index contributed by atoms with van der Waals surface area (Å²) in [5.41, 5.74) is 5.98. The van der Waals surface area contributed by atoms with Crippen molar-refractivity contribution in [2.24, 2.45) is 11.1 Å². The molecule has 0 radical (unpaired) electrons. The summed E-state index contributed by atoms with van der Waals surface area (Å²) in [5, 5.41) is 3.53. The van der Waals surface area contributed by atoms with Crippen molar-refractivity contribution in [1.29, 1.82) is 0 Å². The van der Waals surface area contributed by atoms with Gasteiger partial charge in [0.25, 0.3) is 0 Å². The molecule has 1 fully saturated rings. The average molecular weight is 381 g/mol. The fourth-order valence-electron chi connectivity index (χ4n) is 1.78. The van der Waals surface area contributed by atoms with E-state index in [1.807, 2.05) is 6.92 Å². The molecule has 1 aliphatic rings. The molecule has 1 aromatic rings. The maximum absolute atomic E-state index is 12.3. The minimum atomic E-state index is -0.678. The van der Waals surface area contributed by atoms with Gasteiger partial charge in [-0.2, -0.15) is 0 Å². The fourth-order valence-corrected chi connectivity index (χ4v) is 2.79. The first-order valence-electron chi connectivity index (χ1n) is 5.53. The minimum absolute atomic E-state index is 0.118. The molecule has 0 aromatic heterocycles. The Bertz CT molecular complexity index is 483. The number of hydrogen-bond acceptors (Lipinski definition) is 3. The Kier molecular flexibility index (Phi) is 4.15. The Labute approximate surface area is 124 Å². The highest BCUT2D eigenvalue weighted by molar-refractivity contribution is 14.1. The molecule has 2 rings (SSSR count). The van der Waals surface area contributed by atoms with Crippen LogP contribution in [0.15, 0.2) is 18.2 Å². The summed E-state index contributed by atoms with van der Waals surface area (Å²) in [7, 11) is 0. The lowest BCUT2D eigenvalue weighted by Gasteiger charge is -2.25. The smallest absolute Gasteiger partial charge is 0.234 e. The Morgan fingerprint density at radius 1 is 1.67 bits per heavy atom. The van der Waals surface area contributed by atoms with E-state index >= 15 is 0 Å². The lowest BCUT2D eigenvalue weighted by Crippen LogP contribution is -2.47. The van der Waals surface area contributed by atoms with Gasteiger partial charge >= 0.3 is 0 Å². The summed E-state index contributed by atoms with van der Waals surface area (Å²) in [6.45, 7) is 2.59. The van der Waals surface area contributed by atoms with Crippen LogP contribution in [0.4, 0.5) is 5.69 Å². The Morgan fingerprint density at radius 2 is 2.39 bits per heavy atom. The fraction of sp³-hybridized carbons (Fsp3) is 0.417. The molecule has 1 aromatic carbocycles. The van der Waals surface area contributed by atoms with Crippen molar-refractivity contribution in [3.05, 3.63) is 26.8 Å². The van der Waals surface area contributed by atoms with Gasteiger partial charge in [0, 0.05) is 14.6 Å². The second kappa shape index (κ2) is 5.32. The van der Waals surface area contributed by atoms with Crippen LogP contribution >= 0.6 is 34.2 Å². The van der Waals surface area contributed by atoms with Crippen molar-refractivity contribution in [2.75, 3.05) is 18.5 Å². The summed E-state index contributed by atoms with van der Waals surface area (Å²) in [6.07, 6.45) is 0. The molecule has 6 heteroatoms. The van der Waals surface area contributed by atoms with Gasteiger partial charge in [0.15, 0.2) is 0 Å². The molecule has 0 saturated carbocycles. The lowest BCUT2D eigenvalue weighted by atomic mass is 9.85. The van der Waals surface area contributed by atoms with E-state index in [-0.39, 0.29) is 11.9 Å². The number of rotatable bonds is 2. The first kappa shape index (κ1) is 14.0. The monoisotopic (exact) mass is 380 g/mol. The molecule has 2 atom stereocenters. The number of nitrogens with two attached hydrogens (primary N) is 1. The summed E-state index contributed by atoms with van der Waals surface area (Å²) in [5.74, 6) is -0.118. The van der Waals surface area contributed by atoms with Crippen molar-refractivity contribution in [2.45, 2.75) is 13.0 Å². The van der Waals surface area contributed by atoms with Crippen LogP contribution in [0.1, 0.15) is 6.92 Å². The van der Waals surface area contributed by atoms with Gasteiger partial charge in [0.05, 0.1) is 24.3 Å². The zero-order chi connectivity index (χ0) is 13.3. The van der Waals surface area contributed by atoms with Crippen LogP contribution < -0.4 is 11.1 Å². The van der Waals surface area contributed by atoms with E-state index in [4.69, 9.17) is 22.1 Å². The molecule has 4 nitrogen and oxygen atoms in total. The molecule has 2 unspecified atom stereocenters. The number of carbonyl (C=O) groups excluding carboxylic acids is 1. The van der Waals surface area contributed by atoms with E-state index in [9.17, 15) is 4.79 Å². The van der Waals surface area contributed by atoms with Crippen LogP contribution in [-0.2, 0) is 9.53 Å². The number of benzene rings is 1. The van der Waals surface area contributed by atoms with Crippen LogP contribution in [-0.4, -0.2) is 25.2 Å². The molecule has 3 N–H and O–H groups in total. The second-order valence-corrected chi connectivity index (χ2v) is 6.22. The van der Waals surface area contributed by atoms with E-state index in [1.54, 1.807) is 18.2 Å². The molecule has 0 spiro atoms. The van der Waals surface area contributed by atoms with E-state index in [0.717, 1.165) is 9.26 Å². The van der Waals surface area contributed by atoms with Crippen molar-refractivity contribution in [1.82, 2.24) is 0 Å². The minimum Gasteiger partial charge on any atom is -0.379 e. The average Bonchev–Trinajstić information content (AvgIpc) is 2.64. The maximum Gasteiger partial charge on any atom is 0.234 e. The van der Waals surface area contributed by atoms with Gasteiger partial charge in [-0.25, -0.2) is 0 Å². The number of halogens is 2. The topological polar surface area (TPSA) is 64.3 Å². The standard InChI is InChI=1S/C12H14ClIN2O2/c1-12(6-18-5-10(12)15)11(17)16-9-3-2-7(13)4-8(9)14/h2-4,10H,5-6,15H2,1H3,(H,16,17). The molecular weight excluding hydrogens is 367 g/mol. The van der Waals surface area contributed by atoms with E-state index in [2.05, 4.69) is 27.9 Å². The summed E-state index contributed by atoms with van der Waals surface area (Å²) in [4.78, 5) is 12.3. The number of anilines is 1. The van der Waals surface area contributed by atoms with Gasteiger partial charge in [-0.15, -0.1) is 0 Å². The second-order valence-electron chi connectivity index (χ2n) is 4.62. The SMILES string of the molecule is CC1(C(=O)Nc2ccc(Cl)cc2I)COCC1N. The number of amides is 1. The van der Waals surface area contributed by atoms with Crippen LogP contribution in [0, 0.1) is 8.99 Å². The largest absolute Gasteiger partial charge is 0.379 e. The summed E-state index contributed by atoms with van der Waals surface area (Å²) in [6, 6.07) is 5.05. The van der Waals surface area contributed by atoms with Crippen molar-refractivity contribution in [3.63, 3.8) is 0 Å². The quantitative estimate of drug-likeness (QED) is 0.774. The molecule has 1 aliphatic heterocycles. The molecule has 1 heterocycles. The van der Waals surface area contributed by atoms with Crippen LogP contribution in [0.25, 0.3) is 0 Å². The Morgan fingerprint density at radius 3 is 2.94 bits per heavy atom. The van der Waals surface area contributed by atoms with Gasteiger partial charge < -0.3 is 15.8 Å². The molecule has 1 saturated heterocycles. The van der Waals surface area contributed by atoms with Crippen molar-refractivity contribution >= 4 is 45.8 Å². The first-order valence-corrected chi connectivity index (χ1v) is 6.99. The Balaban J connectivity index is 2.16. The van der Waals surface area contributed by atoms with E-state index in [0.29, 0.717) is 18.2 Å². The van der Waals surface area contributed by atoms with E-state index < -0.39 is 5.41 Å². The number of carbonyl (C=O) groups is 1. The molecule has 18 heavy (non-hydrogen) atoms. The molecule has 0 bridgehead atoms. The summed E-state index contributed by atoms with van der Waals surface area (Å²) >= 11 is 8.00. The molecule has 0 aliphatic carbocycles. The number of ether oxygens (including phenoxy) is 1. The lowest BCUT2D eigenvalue weighted by molar-refractivity contribution is -0.125. The Hall–Kier alpha value is -0.370. The predicted octanol–water partition coefficient (Wildman–Crippen LogP) is 2.25. The number of hydrogen-bond donors (Lipinski definition) is 2. The third kappa shape index (κ3) is 2.64. The highest BCUT2D eigenvalue weighted by Gasteiger charge is 2.44. The molecule has 1 amide bonds. The van der Waals surface area contributed by atoms with E-state index in [1.165, 1.54) is 0 Å². The summed E-state index contributed by atoms with van der Waals surface area (Å²) < 4.78 is 6.16. The molecule has 98 valence electrons. The van der Waals surface area contributed by atoms with Gasteiger partial charge in [0.1, 0.15) is 0 Å². The first-order chi connectivity index (χ1) is 8.43. The third-order valence-electron chi connectivity index (χ3n) is 3.22. The predicted molar refractivity (Wildman–Crippen MR) is 79.7 cm³/mol. The normalized spacial score (nSPS) is 27.2. The van der Waals surface area contributed by atoms with Gasteiger partial charge in [0.2, 0.25) is 5.91 Å². The van der Waals surface area contributed by atoms with Crippen molar-refractivity contribution in [3.8, 4) is 0 Å². The zero-order valence-electron chi connectivity index (χ0n) is 9.87. The van der Waals surface area contributed by atoms with Crippen LogP contribution in [0.3, 0.4) is 0 Å². The van der Waals surface area contributed by atoms with Gasteiger partial charge in [-0.05, 0) is 47.7 Å². The van der Waals surface area contributed by atoms with Gasteiger partial charge in [-0.1, -0.05) is 11.6 Å². The third-order valence-corrected chi connectivity index (χ3v) is 4.34.